The lowest BCUT2D eigenvalue weighted by molar-refractivity contribution is -0.128. The van der Waals surface area contributed by atoms with E-state index in [0.29, 0.717) is 45.0 Å². The predicted octanol–water partition coefficient (Wildman–Crippen LogP) is 0.790. The van der Waals surface area contributed by atoms with Gasteiger partial charge in [0.1, 0.15) is 5.70 Å². The number of piperidine rings is 1. The molecule has 8 N–H and O–H groups in total. The molecule has 13 heteroatoms. The van der Waals surface area contributed by atoms with Crippen LogP contribution in [0.2, 0.25) is 5.15 Å². The lowest BCUT2D eigenvalue weighted by atomic mass is 9.88. The van der Waals surface area contributed by atoms with Crippen molar-refractivity contribution in [3.63, 3.8) is 0 Å². The Labute approximate surface area is 219 Å². The largest absolute Gasteiger partial charge is 0.393 e. The summed E-state index contributed by atoms with van der Waals surface area (Å²) in [7, 11) is 0. The molecule has 0 radical (unpaired) electrons. The number of carbonyl (C=O) groups excluding carboxylic acids is 2. The average molecular weight is 525 g/mol. The average Bonchev–Trinajstić information content (AvgIpc) is 3.27. The second kappa shape index (κ2) is 10.7. The van der Waals surface area contributed by atoms with Gasteiger partial charge in [0.05, 0.1) is 5.54 Å². The highest BCUT2D eigenvalue weighted by atomic mass is 35.5. The molecule has 1 aromatic carbocycles. The highest BCUT2D eigenvalue weighted by Gasteiger charge is 2.41. The van der Waals surface area contributed by atoms with Crippen molar-refractivity contribution in [3.8, 4) is 0 Å². The molecule has 1 spiro atoms. The maximum atomic E-state index is 13.0. The van der Waals surface area contributed by atoms with E-state index in [1.807, 2.05) is 30.3 Å². The summed E-state index contributed by atoms with van der Waals surface area (Å²) in [6, 6.07) is 9.84. The first-order chi connectivity index (χ1) is 17.7. The molecule has 37 heavy (non-hydrogen) atoms. The zero-order chi connectivity index (χ0) is 26.6. The van der Waals surface area contributed by atoms with Crippen LogP contribution in [-0.4, -0.2) is 62.7 Å². The number of hydrogen-bond donors (Lipinski definition) is 5. The number of aromatic nitrogens is 2. The third-order valence-corrected chi connectivity index (χ3v) is 6.58. The number of hydrogen-bond acceptors (Lipinski definition) is 8. The second-order valence-electron chi connectivity index (χ2n) is 8.88. The van der Waals surface area contributed by atoms with Gasteiger partial charge < -0.3 is 37.6 Å². The summed E-state index contributed by atoms with van der Waals surface area (Å²) in [6.07, 6.45) is 4.51. The molecule has 0 bridgehead atoms. The van der Waals surface area contributed by atoms with Gasteiger partial charge in [0.15, 0.2) is 28.4 Å². The lowest BCUT2D eigenvalue weighted by Gasteiger charge is -2.38. The van der Waals surface area contributed by atoms with Crippen molar-refractivity contribution >= 4 is 41.0 Å². The molecule has 0 unspecified atom stereocenters. The highest BCUT2D eigenvalue weighted by molar-refractivity contribution is 6.31. The molecule has 4 rings (SSSR count). The fourth-order valence-corrected chi connectivity index (χ4v) is 4.35. The Morgan fingerprint density at radius 1 is 1.19 bits per heavy atom. The number of aliphatic imine (C=N–C) groups is 1. The van der Waals surface area contributed by atoms with Gasteiger partial charge in [-0.25, -0.2) is 9.97 Å². The van der Waals surface area contributed by atoms with Crippen LogP contribution >= 0.6 is 11.6 Å². The minimum absolute atomic E-state index is 0.0652. The first-order valence-electron chi connectivity index (χ1n) is 11.6. The van der Waals surface area contributed by atoms with Crippen LogP contribution in [0.1, 0.15) is 28.9 Å². The van der Waals surface area contributed by atoms with Crippen LogP contribution < -0.4 is 27.8 Å². The summed E-state index contributed by atoms with van der Waals surface area (Å²) in [5, 5.41) is 6.25. The van der Waals surface area contributed by atoms with Gasteiger partial charge >= 0.3 is 5.91 Å². The Morgan fingerprint density at radius 3 is 2.57 bits per heavy atom. The van der Waals surface area contributed by atoms with Gasteiger partial charge in [-0.2, -0.15) is 4.99 Å². The van der Waals surface area contributed by atoms with E-state index in [9.17, 15) is 9.59 Å². The number of carbonyl (C=O) groups is 2. The van der Waals surface area contributed by atoms with Crippen molar-refractivity contribution in [1.82, 2.24) is 30.4 Å². The number of nitrogens with two attached hydrogens (primary N) is 3. The number of rotatable bonds is 6. The van der Waals surface area contributed by atoms with E-state index in [4.69, 9.17) is 28.8 Å². The minimum atomic E-state index is -0.702. The van der Waals surface area contributed by atoms with Crippen molar-refractivity contribution < 1.29 is 9.59 Å². The molecule has 0 atom stereocenters. The normalized spacial score (nSPS) is 17.8. The molecule has 2 saturated heterocycles. The van der Waals surface area contributed by atoms with Gasteiger partial charge in [-0.3, -0.25) is 9.59 Å². The van der Waals surface area contributed by atoms with E-state index >= 15 is 0 Å². The maximum absolute atomic E-state index is 13.0. The summed E-state index contributed by atoms with van der Waals surface area (Å²) >= 11 is 5.86. The fourth-order valence-electron chi connectivity index (χ4n) is 4.23. The number of benzene rings is 1. The Kier molecular flexibility index (Phi) is 7.48. The van der Waals surface area contributed by atoms with Crippen LogP contribution in [0.15, 0.2) is 60.0 Å². The molecule has 194 valence electrons. The number of anilines is 2. The summed E-state index contributed by atoms with van der Waals surface area (Å²) in [5.74, 6) is -0.864. The first kappa shape index (κ1) is 25.8. The van der Waals surface area contributed by atoms with Crippen LogP contribution in [0.25, 0.3) is 0 Å². The summed E-state index contributed by atoms with van der Waals surface area (Å²) in [4.78, 5) is 40.8. The Bertz CT molecular complexity index is 1260. The number of likely N-dealkylation sites (tertiary alicyclic amines) is 1. The van der Waals surface area contributed by atoms with Crippen molar-refractivity contribution in [3.05, 3.63) is 71.4 Å². The van der Waals surface area contributed by atoms with E-state index in [1.165, 1.54) is 0 Å². The SMILES string of the molecule is C=CN(/C=C(\N)C(=O)N1CCC2(CC1)CN/C(=N\C(=O)c1nc(Cl)c(N)nc1N)N2)Cc1ccccc1. The Balaban J connectivity index is 1.35. The first-order valence-corrected chi connectivity index (χ1v) is 12.0. The van der Waals surface area contributed by atoms with E-state index in [0.717, 1.165) is 5.56 Å². The van der Waals surface area contributed by atoms with Crippen molar-refractivity contribution in [2.75, 3.05) is 31.1 Å². The van der Waals surface area contributed by atoms with E-state index in [2.05, 4.69) is 32.2 Å². The van der Waals surface area contributed by atoms with Crippen LogP contribution in [0.4, 0.5) is 11.6 Å². The van der Waals surface area contributed by atoms with Crippen molar-refractivity contribution in [2.45, 2.75) is 24.9 Å². The number of nitrogens with zero attached hydrogens (tertiary/aromatic N) is 5. The lowest BCUT2D eigenvalue weighted by Crippen LogP contribution is -2.54. The van der Waals surface area contributed by atoms with Crippen molar-refractivity contribution in [2.24, 2.45) is 10.7 Å². The molecule has 2 amide bonds. The molecule has 1 aromatic heterocycles. The molecule has 0 aliphatic carbocycles. The van der Waals surface area contributed by atoms with Gasteiger partial charge in [0.25, 0.3) is 5.91 Å². The number of guanidine groups is 1. The van der Waals surface area contributed by atoms with E-state index in [1.54, 1.807) is 22.2 Å². The van der Waals surface area contributed by atoms with Crippen LogP contribution in [-0.2, 0) is 11.3 Å². The third-order valence-electron chi connectivity index (χ3n) is 6.30. The summed E-state index contributed by atoms with van der Waals surface area (Å²) < 4.78 is 0. The quantitative estimate of drug-likeness (QED) is 0.339. The predicted molar refractivity (Wildman–Crippen MR) is 142 cm³/mol. The standard InChI is InChI=1S/C24H29ClN10O2/c1-2-34(12-15-6-4-3-5-7-15)13-16(26)22(37)35-10-8-24(9-11-35)14-29-23(33-24)32-21(36)17-19(27)31-20(28)18(25)30-17/h2-7,13H,1,8-12,14,26H2,(H4,27,28,31)(H2,29,32,33,36)/b16-13-. The molecule has 2 fully saturated rings. The number of nitrogens with one attached hydrogen (secondary N) is 2. The molecule has 12 nitrogen and oxygen atoms in total. The molecular weight excluding hydrogens is 496 g/mol. The smallest absolute Gasteiger partial charge is 0.302 e. The molecule has 2 aliphatic rings. The highest BCUT2D eigenvalue weighted by Crippen LogP contribution is 2.25. The van der Waals surface area contributed by atoms with Crippen LogP contribution in [0.3, 0.4) is 0 Å². The Morgan fingerprint density at radius 2 is 1.89 bits per heavy atom. The third kappa shape index (κ3) is 5.92. The van der Waals surface area contributed by atoms with Crippen LogP contribution in [0, 0.1) is 0 Å². The van der Waals surface area contributed by atoms with Gasteiger partial charge in [0, 0.05) is 32.4 Å². The molecular formula is C24H29ClN10O2. The number of amides is 2. The maximum Gasteiger partial charge on any atom is 0.302 e. The molecule has 2 aromatic rings. The second-order valence-corrected chi connectivity index (χ2v) is 9.23. The monoisotopic (exact) mass is 524 g/mol. The Hall–Kier alpha value is -4.32. The van der Waals surface area contributed by atoms with Gasteiger partial charge in [-0.15, -0.1) is 0 Å². The molecule has 2 aliphatic heterocycles. The summed E-state index contributed by atoms with van der Waals surface area (Å²) in [5.41, 5.74) is 18.1. The van der Waals surface area contributed by atoms with Gasteiger partial charge in [0.2, 0.25) is 0 Å². The number of halogens is 1. The number of nitrogen functional groups attached to an aromatic ring is 2. The fraction of sp³-hybridized carbons (Fsp3) is 0.292. The van der Waals surface area contributed by atoms with Gasteiger partial charge in [-0.05, 0) is 24.6 Å². The molecule has 0 saturated carbocycles. The topological polar surface area (TPSA) is 181 Å². The van der Waals surface area contributed by atoms with Crippen molar-refractivity contribution in [1.29, 1.82) is 0 Å². The molecule has 3 heterocycles. The zero-order valence-corrected chi connectivity index (χ0v) is 20.9. The van der Waals surface area contributed by atoms with Gasteiger partial charge in [-0.1, -0.05) is 48.5 Å². The zero-order valence-electron chi connectivity index (χ0n) is 20.2. The summed E-state index contributed by atoms with van der Waals surface area (Å²) in [6.45, 7) is 5.88. The van der Waals surface area contributed by atoms with Crippen LogP contribution in [0.5, 0.6) is 0 Å². The van der Waals surface area contributed by atoms with E-state index in [-0.39, 0.29) is 39.6 Å². The minimum Gasteiger partial charge on any atom is -0.393 e. The van der Waals surface area contributed by atoms with E-state index < -0.39 is 5.91 Å².